The molecule has 0 aromatic heterocycles. The van der Waals surface area contributed by atoms with Crippen LogP contribution in [0.5, 0.6) is 0 Å². The highest BCUT2D eigenvalue weighted by atomic mass is 35.5. The highest BCUT2D eigenvalue weighted by Crippen LogP contribution is 2.42. The highest BCUT2D eigenvalue weighted by molar-refractivity contribution is 7.96. The van der Waals surface area contributed by atoms with E-state index in [1.165, 1.54) is 30.3 Å². The summed E-state index contributed by atoms with van der Waals surface area (Å²) in [6, 6.07) is 12.0. The van der Waals surface area contributed by atoms with E-state index in [-0.39, 0.29) is 33.3 Å². The molecule has 7 nitrogen and oxygen atoms in total. The summed E-state index contributed by atoms with van der Waals surface area (Å²) in [6.07, 6.45) is 0. The number of likely N-dealkylation sites (N-methyl/N-ethyl adjacent to an activating group) is 1. The fourth-order valence-corrected chi connectivity index (χ4v) is 7.60. The molecule has 1 atom stereocenters. The summed E-state index contributed by atoms with van der Waals surface area (Å²) in [5, 5.41) is 1.41. The van der Waals surface area contributed by atoms with Gasteiger partial charge in [0.1, 0.15) is 5.25 Å². The first-order valence-corrected chi connectivity index (χ1v) is 11.9. The summed E-state index contributed by atoms with van der Waals surface area (Å²) in [5.41, 5.74) is 0.149. The van der Waals surface area contributed by atoms with Gasteiger partial charge in [-0.15, -0.1) is 12.4 Å². The lowest BCUT2D eigenvalue weighted by Gasteiger charge is -2.16. The zero-order valence-corrected chi connectivity index (χ0v) is 18.5. The Morgan fingerprint density at radius 1 is 1.10 bits per heavy atom. The Labute approximate surface area is 177 Å². The number of nitrogens with zero attached hydrogens (tertiary/aromatic N) is 1. The van der Waals surface area contributed by atoms with Crippen LogP contribution in [0, 0.1) is 0 Å². The number of sulfone groups is 2. The zero-order valence-electron chi connectivity index (χ0n) is 16.0. The van der Waals surface area contributed by atoms with Gasteiger partial charge in [0.25, 0.3) is 5.91 Å². The fourth-order valence-electron chi connectivity index (χ4n) is 3.23. The molecule has 0 spiro atoms. The molecule has 0 bridgehead atoms. The summed E-state index contributed by atoms with van der Waals surface area (Å²) in [5.74, 6) is -1.05. The van der Waals surface area contributed by atoms with Crippen molar-refractivity contribution in [2.24, 2.45) is 0 Å². The van der Waals surface area contributed by atoms with Crippen LogP contribution >= 0.6 is 12.4 Å². The first kappa shape index (κ1) is 23.3. The van der Waals surface area contributed by atoms with Crippen LogP contribution in [0.1, 0.15) is 21.2 Å². The van der Waals surface area contributed by atoms with Crippen molar-refractivity contribution in [2.75, 3.05) is 32.9 Å². The molecule has 0 radical (unpaired) electrons. The quantitative estimate of drug-likeness (QED) is 0.707. The average molecular weight is 459 g/mol. The summed E-state index contributed by atoms with van der Waals surface area (Å²) < 4.78 is 51.6. The van der Waals surface area contributed by atoms with Crippen LogP contribution in [0.3, 0.4) is 0 Å². The molecule has 0 saturated heterocycles. The number of hydrogen-bond acceptors (Lipinski definition) is 6. The van der Waals surface area contributed by atoms with Crippen LogP contribution in [0.25, 0.3) is 0 Å². The maximum Gasteiger partial charge on any atom is 0.251 e. The Bertz CT molecular complexity index is 1100. The minimum Gasteiger partial charge on any atom is -0.351 e. The smallest absolute Gasteiger partial charge is 0.251 e. The van der Waals surface area contributed by atoms with E-state index in [0.717, 1.165) is 0 Å². The van der Waals surface area contributed by atoms with Gasteiger partial charge in [-0.25, -0.2) is 16.8 Å². The Morgan fingerprint density at radius 3 is 2.38 bits per heavy atom. The van der Waals surface area contributed by atoms with Crippen molar-refractivity contribution in [3.8, 4) is 0 Å². The van der Waals surface area contributed by atoms with Gasteiger partial charge in [0, 0.05) is 24.2 Å². The lowest BCUT2D eigenvalue weighted by molar-refractivity contribution is 0.0950. The zero-order chi connectivity index (χ0) is 20.5. The van der Waals surface area contributed by atoms with E-state index in [1.807, 2.05) is 19.0 Å². The van der Waals surface area contributed by atoms with Crippen LogP contribution < -0.4 is 5.32 Å². The molecule has 2 aromatic rings. The number of carbonyl (C=O) groups excluding carboxylic acids is 1. The molecule has 29 heavy (non-hydrogen) atoms. The first-order chi connectivity index (χ1) is 13.1. The second-order valence-electron chi connectivity index (χ2n) is 6.90. The Morgan fingerprint density at radius 2 is 1.76 bits per heavy atom. The van der Waals surface area contributed by atoms with E-state index in [9.17, 15) is 21.6 Å². The molecule has 0 saturated carbocycles. The van der Waals surface area contributed by atoms with Crippen molar-refractivity contribution >= 4 is 38.0 Å². The van der Waals surface area contributed by atoms with Crippen molar-refractivity contribution in [3.05, 3.63) is 59.7 Å². The lowest BCUT2D eigenvalue weighted by Crippen LogP contribution is -2.32. The van der Waals surface area contributed by atoms with Gasteiger partial charge in [-0.05, 0) is 38.4 Å². The number of fused-ring (bicyclic) bond motifs is 1. The second kappa shape index (κ2) is 8.83. The number of carbonyl (C=O) groups is 1. The van der Waals surface area contributed by atoms with Crippen LogP contribution in [0.4, 0.5) is 0 Å². The predicted octanol–water partition coefficient (Wildman–Crippen LogP) is 1.70. The van der Waals surface area contributed by atoms with Crippen LogP contribution in [-0.4, -0.2) is 60.6 Å². The summed E-state index contributed by atoms with van der Waals surface area (Å²) in [7, 11) is -4.06. The van der Waals surface area contributed by atoms with Crippen molar-refractivity contribution in [2.45, 2.75) is 15.0 Å². The van der Waals surface area contributed by atoms with Crippen LogP contribution in [0.2, 0.25) is 0 Å². The minimum absolute atomic E-state index is 0. The lowest BCUT2D eigenvalue weighted by atomic mass is 10.0. The fraction of sp³-hybridized carbons (Fsp3) is 0.316. The van der Waals surface area contributed by atoms with E-state index in [0.29, 0.717) is 13.1 Å². The monoisotopic (exact) mass is 458 g/mol. The van der Waals surface area contributed by atoms with Gasteiger partial charge in [-0.2, -0.15) is 0 Å². The molecule has 3 rings (SSSR count). The molecule has 1 N–H and O–H groups in total. The molecule has 158 valence electrons. The number of halogens is 1. The number of amides is 1. The average Bonchev–Trinajstić information content (AvgIpc) is 2.94. The summed E-state index contributed by atoms with van der Waals surface area (Å²) >= 11 is 0. The standard InChI is InChI=1S/C19H22N2O5S2.ClH/c1-21(2)12-11-20-19(22)15-9-6-10-16-18(15)17(13-27(16,23)24)28(25,26)14-7-4-3-5-8-14;/h3-10,17H,11-13H2,1-2H3,(H,20,22);1H. The van der Waals surface area contributed by atoms with Gasteiger partial charge in [0.2, 0.25) is 0 Å². The molecule has 0 aliphatic carbocycles. The van der Waals surface area contributed by atoms with Gasteiger partial charge in [0.05, 0.1) is 15.5 Å². The number of nitrogens with one attached hydrogen (secondary N) is 1. The van der Waals surface area contributed by atoms with Gasteiger partial charge in [-0.3, -0.25) is 4.79 Å². The maximum atomic E-state index is 13.2. The third-order valence-corrected chi connectivity index (χ3v) is 8.72. The van der Waals surface area contributed by atoms with Crippen molar-refractivity contribution in [3.63, 3.8) is 0 Å². The third-order valence-electron chi connectivity index (χ3n) is 4.63. The molecule has 1 aliphatic heterocycles. The number of hydrogen-bond donors (Lipinski definition) is 1. The Balaban J connectivity index is 0.00000300. The highest BCUT2D eigenvalue weighted by Gasteiger charge is 2.45. The Kier molecular flexibility index (Phi) is 7.10. The molecule has 10 heteroatoms. The molecule has 1 aliphatic rings. The third kappa shape index (κ3) is 4.63. The maximum absolute atomic E-state index is 13.2. The van der Waals surface area contributed by atoms with Crippen LogP contribution in [0.15, 0.2) is 58.3 Å². The van der Waals surface area contributed by atoms with E-state index in [4.69, 9.17) is 0 Å². The molecule has 1 unspecified atom stereocenters. The van der Waals surface area contributed by atoms with Gasteiger partial charge < -0.3 is 10.2 Å². The topological polar surface area (TPSA) is 101 Å². The van der Waals surface area contributed by atoms with Crippen molar-refractivity contribution in [1.82, 2.24) is 10.2 Å². The second-order valence-corrected chi connectivity index (χ2v) is 11.0. The largest absolute Gasteiger partial charge is 0.351 e. The normalized spacial score (nSPS) is 17.4. The van der Waals surface area contributed by atoms with Gasteiger partial charge >= 0.3 is 0 Å². The van der Waals surface area contributed by atoms with E-state index < -0.39 is 36.6 Å². The van der Waals surface area contributed by atoms with Crippen molar-refractivity contribution in [1.29, 1.82) is 0 Å². The van der Waals surface area contributed by atoms with E-state index in [2.05, 4.69) is 5.32 Å². The van der Waals surface area contributed by atoms with Gasteiger partial charge in [0.15, 0.2) is 19.7 Å². The molecular weight excluding hydrogens is 436 g/mol. The number of rotatable bonds is 6. The molecular formula is C19H23ClN2O5S2. The number of benzene rings is 2. The van der Waals surface area contributed by atoms with Crippen molar-refractivity contribution < 1.29 is 21.6 Å². The summed E-state index contributed by atoms with van der Waals surface area (Å²) in [6.45, 7) is 0.961. The predicted molar refractivity (Wildman–Crippen MR) is 113 cm³/mol. The van der Waals surface area contributed by atoms with E-state index in [1.54, 1.807) is 18.2 Å². The summed E-state index contributed by atoms with van der Waals surface area (Å²) in [4.78, 5) is 14.5. The van der Waals surface area contributed by atoms with Crippen LogP contribution in [-0.2, 0) is 19.7 Å². The van der Waals surface area contributed by atoms with E-state index >= 15 is 0 Å². The molecule has 2 aromatic carbocycles. The minimum atomic E-state index is -3.98. The molecule has 0 fully saturated rings. The first-order valence-electron chi connectivity index (χ1n) is 8.72. The Hall–Kier alpha value is -1.94. The molecule has 1 amide bonds. The molecule has 1 heterocycles. The van der Waals surface area contributed by atoms with Gasteiger partial charge in [-0.1, -0.05) is 24.3 Å². The SMILES string of the molecule is CN(C)CCNC(=O)c1cccc2c1C(S(=O)(=O)c1ccccc1)CS2(=O)=O.Cl.